The molecule has 11 nitrogen and oxygen atoms in total. The molecule has 0 aromatic heterocycles. The van der Waals surface area contributed by atoms with Crippen molar-refractivity contribution in [2.24, 2.45) is 0 Å². The maximum Gasteiger partial charge on any atom is 0.271 e. The zero-order valence-corrected chi connectivity index (χ0v) is 26.0. The van der Waals surface area contributed by atoms with Crippen molar-refractivity contribution >= 4 is 33.2 Å². The van der Waals surface area contributed by atoms with Gasteiger partial charge in [0, 0.05) is 31.1 Å². The van der Waals surface area contributed by atoms with Gasteiger partial charge in [-0.15, -0.1) is 0 Å². The highest BCUT2D eigenvalue weighted by atomic mass is 32.2. The molecule has 234 valence electrons. The molecule has 4 rings (SSSR count). The van der Waals surface area contributed by atoms with E-state index in [1.807, 2.05) is 30.3 Å². The Morgan fingerprint density at radius 1 is 1.02 bits per heavy atom. The number of methoxy groups -OCH3 is 1. The van der Waals surface area contributed by atoms with E-state index in [0.29, 0.717) is 16.9 Å². The van der Waals surface area contributed by atoms with E-state index in [4.69, 9.17) is 4.74 Å². The van der Waals surface area contributed by atoms with Crippen molar-refractivity contribution in [3.05, 3.63) is 99.6 Å². The molecule has 0 saturated heterocycles. The number of carbonyl (C=O) groups is 2. The van der Waals surface area contributed by atoms with E-state index in [0.717, 1.165) is 47.9 Å². The summed E-state index contributed by atoms with van der Waals surface area (Å²) in [6.45, 7) is 0.951. The molecule has 0 radical (unpaired) electrons. The smallest absolute Gasteiger partial charge is 0.271 e. The number of nitro benzene ring substituents is 1. The summed E-state index contributed by atoms with van der Waals surface area (Å²) in [5.74, 6) is -0.393. The molecular formula is C32H38N4O7S. The summed E-state index contributed by atoms with van der Waals surface area (Å²) in [6, 6.07) is 19.3. The van der Waals surface area contributed by atoms with Gasteiger partial charge >= 0.3 is 0 Å². The molecule has 3 aromatic rings. The molecule has 1 atom stereocenters. The fourth-order valence-corrected chi connectivity index (χ4v) is 6.36. The number of nitrogens with zero attached hydrogens (tertiary/aromatic N) is 3. The largest absolute Gasteiger partial charge is 0.497 e. The number of hydrogen-bond acceptors (Lipinski definition) is 7. The number of aryl methyl sites for hydroxylation is 1. The van der Waals surface area contributed by atoms with E-state index in [2.05, 4.69) is 5.32 Å². The lowest BCUT2D eigenvalue weighted by atomic mass is 10.0. The molecule has 1 unspecified atom stereocenters. The van der Waals surface area contributed by atoms with E-state index in [1.165, 1.54) is 24.1 Å². The number of non-ortho nitro benzene ring substituents is 1. The summed E-state index contributed by atoms with van der Waals surface area (Å²) in [4.78, 5) is 40.6. The van der Waals surface area contributed by atoms with Gasteiger partial charge in [0.2, 0.25) is 21.8 Å². The lowest BCUT2D eigenvalue weighted by Gasteiger charge is -2.34. The number of nitro groups is 1. The minimum Gasteiger partial charge on any atom is -0.497 e. The predicted octanol–water partition coefficient (Wildman–Crippen LogP) is 4.38. The Kier molecular flexibility index (Phi) is 10.6. The first-order valence-corrected chi connectivity index (χ1v) is 16.3. The summed E-state index contributed by atoms with van der Waals surface area (Å²) in [7, 11) is -2.55. The molecule has 1 aliphatic rings. The maximum absolute atomic E-state index is 14.3. The molecule has 0 bridgehead atoms. The molecule has 1 saturated carbocycles. The number of rotatable bonds is 13. The van der Waals surface area contributed by atoms with Gasteiger partial charge in [-0.2, -0.15) is 0 Å². The van der Waals surface area contributed by atoms with Crippen molar-refractivity contribution in [3.8, 4) is 5.75 Å². The van der Waals surface area contributed by atoms with Crippen molar-refractivity contribution in [3.63, 3.8) is 0 Å². The van der Waals surface area contributed by atoms with Crippen LogP contribution in [0, 0.1) is 17.0 Å². The van der Waals surface area contributed by atoms with Crippen LogP contribution in [-0.2, 0) is 32.6 Å². The SMILES string of the molecule is COc1cccc(CN(C(=O)CN(c2cc([N+](=O)[O-])ccc2C)S(C)(=O)=O)C(Cc2ccccc2)C(=O)NC2CCCC2)c1. The molecular weight excluding hydrogens is 584 g/mol. The van der Waals surface area contributed by atoms with Crippen LogP contribution >= 0.6 is 0 Å². The van der Waals surface area contributed by atoms with Crippen LogP contribution in [0.1, 0.15) is 42.4 Å². The minimum absolute atomic E-state index is 0.00284. The van der Waals surface area contributed by atoms with Crippen LogP contribution in [0.25, 0.3) is 0 Å². The van der Waals surface area contributed by atoms with E-state index < -0.39 is 33.4 Å². The highest BCUT2D eigenvalue weighted by Crippen LogP contribution is 2.28. The Labute approximate surface area is 258 Å². The quantitative estimate of drug-likeness (QED) is 0.221. The summed E-state index contributed by atoms with van der Waals surface area (Å²) in [6.07, 6.45) is 4.85. The average Bonchev–Trinajstić information content (AvgIpc) is 3.51. The highest BCUT2D eigenvalue weighted by molar-refractivity contribution is 7.92. The Balaban J connectivity index is 1.77. The normalized spacial score (nSPS) is 14.1. The van der Waals surface area contributed by atoms with E-state index >= 15 is 0 Å². The molecule has 44 heavy (non-hydrogen) atoms. The number of hydrogen-bond donors (Lipinski definition) is 1. The van der Waals surface area contributed by atoms with Crippen LogP contribution < -0.4 is 14.4 Å². The molecule has 1 N–H and O–H groups in total. The van der Waals surface area contributed by atoms with Gasteiger partial charge in [0.1, 0.15) is 18.3 Å². The van der Waals surface area contributed by atoms with Crippen LogP contribution in [0.5, 0.6) is 5.75 Å². The van der Waals surface area contributed by atoms with Crippen molar-refractivity contribution in [2.45, 2.75) is 57.7 Å². The Bertz CT molecular complexity index is 1590. The van der Waals surface area contributed by atoms with Gasteiger partial charge in [0.25, 0.3) is 5.69 Å². The predicted molar refractivity (Wildman–Crippen MR) is 168 cm³/mol. The van der Waals surface area contributed by atoms with Gasteiger partial charge in [0.15, 0.2) is 0 Å². The second-order valence-electron chi connectivity index (χ2n) is 11.1. The first kappa shape index (κ1) is 32.5. The van der Waals surface area contributed by atoms with E-state index in [-0.39, 0.29) is 36.3 Å². The summed E-state index contributed by atoms with van der Waals surface area (Å²) in [5.41, 5.74) is 1.66. The fourth-order valence-electron chi connectivity index (χ4n) is 5.46. The summed E-state index contributed by atoms with van der Waals surface area (Å²) in [5, 5.41) is 14.6. The Morgan fingerprint density at radius 2 is 1.70 bits per heavy atom. The molecule has 2 amide bonds. The van der Waals surface area contributed by atoms with E-state index in [1.54, 1.807) is 31.2 Å². The fraction of sp³-hybridized carbons (Fsp3) is 0.375. The van der Waals surface area contributed by atoms with Gasteiger partial charge in [-0.05, 0) is 48.6 Å². The third-order valence-corrected chi connectivity index (χ3v) is 8.94. The lowest BCUT2D eigenvalue weighted by molar-refractivity contribution is -0.384. The van der Waals surface area contributed by atoms with Gasteiger partial charge in [-0.1, -0.05) is 61.4 Å². The monoisotopic (exact) mass is 622 g/mol. The third-order valence-electron chi connectivity index (χ3n) is 7.81. The van der Waals surface area contributed by atoms with Crippen LogP contribution in [0.15, 0.2) is 72.8 Å². The Morgan fingerprint density at radius 3 is 2.34 bits per heavy atom. The third kappa shape index (κ3) is 8.34. The number of nitrogens with one attached hydrogen (secondary N) is 1. The van der Waals surface area contributed by atoms with Gasteiger partial charge in [0.05, 0.1) is 24.0 Å². The highest BCUT2D eigenvalue weighted by Gasteiger charge is 2.35. The first-order valence-electron chi connectivity index (χ1n) is 14.5. The number of anilines is 1. The van der Waals surface area contributed by atoms with Crippen LogP contribution in [0.3, 0.4) is 0 Å². The molecule has 1 aliphatic carbocycles. The van der Waals surface area contributed by atoms with Crippen molar-refractivity contribution < 1.29 is 27.7 Å². The zero-order valence-electron chi connectivity index (χ0n) is 25.1. The summed E-state index contributed by atoms with van der Waals surface area (Å²) < 4.78 is 32.4. The van der Waals surface area contributed by atoms with Crippen molar-refractivity contribution in [2.75, 3.05) is 24.2 Å². The summed E-state index contributed by atoms with van der Waals surface area (Å²) >= 11 is 0. The molecule has 1 fully saturated rings. The van der Waals surface area contributed by atoms with Crippen molar-refractivity contribution in [1.29, 1.82) is 0 Å². The van der Waals surface area contributed by atoms with Crippen LogP contribution in [0.2, 0.25) is 0 Å². The number of carbonyl (C=O) groups excluding carboxylic acids is 2. The number of ether oxygens (including phenoxy) is 1. The van der Waals surface area contributed by atoms with Gasteiger partial charge < -0.3 is 15.0 Å². The average molecular weight is 623 g/mol. The molecule has 12 heteroatoms. The molecule has 0 heterocycles. The first-order chi connectivity index (χ1) is 21.0. The number of amides is 2. The molecule has 0 aliphatic heterocycles. The zero-order chi connectivity index (χ0) is 31.9. The number of sulfonamides is 1. The maximum atomic E-state index is 14.3. The molecule has 0 spiro atoms. The minimum atomic E-state index is -4.08. The number of benzene rings is 3. The molecule has 3 aromatic carbocycles. The van der Waals surface area contributed by atoms with E-state index in [9.17, 15) is 28.1 Å². The Hall–Kier alpha value is -4.45. The standard InChI is InChI=1S/C32H38N4O7S/c1-23-16-17-27(36(39)40)20-29(23)35(44(3,41)42)22-31(37)34(21-25-12-9-15-28(18-25)43-2)30(19-24-10-5-4-6-11-24)32(38)33-26-13-7-8-14-26/h4-6,9-12,15-18,20,26,30H,7-8,13-14,19,21-22H2,1-3H3,(H,33,38). The van der Waals surface area contributed by atoms with Gasteiger partial charge in [-0.3, -0.25) is 24.0 Å². The lowest BCUT2D eigenvalue weighted by Crippen LogP contribution is -2.54. The van der Waals surface area contributed by atoms with Crippen LogP contribution in [-0.4, -0.2) is 62.0 Å². The van der Waals surface area contributed by atoms with Crippen LogP contribution in [0.4, 0.5) is 11.4 Å². The second-order valence-corrected chi connectivity index (χ2v) is 13.0. The topological polar surface area (TPSA) is 139 Å². The van der Waals surface area contributed by atoms with Gasteiger partial charge in [-0.25, -0.2) is 8.42 Å². The second kappa shape index (κ2) is 14.3. The van der Waals surface area contributed by atoms with Crippen molar-refractivity contribution in [1.82, 2.24) is 10.2 Å².